The van der Waals surface area contributed by atoms with Crippen LogP contribution in [-0.4, -0.2) is 81.8 Å². The molecule has 2 saturated heterocycles. The van der Waals surface area contributed by atoms with Crippen LogP contribution in [0.4, 0.5) is 0 Å². The molecule has 8 heteroatoms. The van der Waals surface area contributed by atoms with E-state index in [0.29, 0.717) is 13.2 Å². The maximum atomic E-state index is 14.3. The lowest BCUT2D eigenvalue weighted by Crippen LogP contribution is -2.59. The molecule has 4 heterocycles. The van der Waals surface area contributed by atoms with Crippen LogP contribution in [0.5, 0.6) is 0 Å². The van der Waals surface area contributed by atoms with Gasteiger partial charge in [0, 0.05) is 12.6 Å². The van der Waals surface area contributed by atoms with Crippen LogP contribution in [0.25, 0.3) is 0 Å². The van der Waals surface area contributed by atoms with E-state index < -0.39 is 41.1 Å². The second-order valence-corrected chi connectivity index (χ2v) is 11.0. The minimum atomic E-state index is -1.29. The summed E-state index contributed by atoms with van der Waals surface area (Å²) in [5, 5.41) is 10.0. The van der Waals surface area contributed by atoms with Crippen molar-refractivity contribution in [1.82, 2.24) is 9.80 Å². The summed E-state index contributed by atoms with van der Waals surface area (Å²) >= 11 is 0. The summed E-state index contributed by atoms with van der Waals surface area (Å²) in [6.45, 7) is 4.05. The van der Waals surface area contributed by atoms with E-state index in [4.69, 9.17) is 9.47 Å². The van der Waals surface area contributed by atoms with Crippen molar-refractivity contribution >= 4 is 17.8 Å². The first-order chi connectivity index (χ1) is 16.8. The summed E-state index contributed by atoms with van der Waals surface area (Å²) in [7, 11) is 0. The Hall–Kier alpha value is -2.19. The van der Waals surface area contributed by atoms with Crippen molar-refractivity contribution in [3.63, 3.8) is 0 Å². The molecule has 0 radical (unpaired) electrons. The predicted molar refractivity (Wildman–Crippen MR) is 128 cm³/mol. The number of hydrogen-bond acceptors (Lipinski definition) is 6. The molecule has 5 aliphatic rings. The Bertz CT molecular complexity index is 927. The van der Waals surface area contributed by atoms with Crippen LogP contribution in [0, 0.1) is 11.8 Å². The molecule has 2 amide bonds. The molecular weight excluding hydrogens is 448 g/mol. The number of amides is 2. The Morgan fingerprint density at radius 1 is 1.03 bits per heavy atom. The average molecular weight is 487 g/mol. The Kier molecular flexibility index (Phi) is 6.55. The van der Waals surface area contributed by atoms with Crippen LogP contribution >= 0.6 is 0 Å². The van der Waals surface area contributed by atoms with E-state index in [1.165, 1.54) is 11.3 Å². The molecule has 1 unspecified atom stereocenters. The fraction of sp³-hybridized carbons (Fsp3) is 0.741. The molecule has 4 aliphatic heterocycles. The summed E-state index contributed by atoms with van der Waals surface area (Å²) in [5.74, 6) is -2.70. The molecule has 0 aromatic rings. The molecular formula is C27H38N2O6. The smallest absolute Gasteiger partial charge is 0.313 e. The van der Waals surface area contributed by atoms with Gasteiger partial charge in [0.1, 0.15) is 17.6 Å². The third-order valence-electron chi connectivity index (χ3n) is 8.72. The number of rotatable bonds is 3. The highest BCUT2D eigenvalue weighted by Crippen LogP contribution is 2.57. The Morgan fingerprint density at radius 3 is 2.54 bits per heavy atom. The molecule has 192 valence electrons. The van der Waals surface area contributed by atoms with E-state index in [9.17, 15) is 19.5 Å². The molecule has 8 nitrogen and oxygen atoms in total. The van der Waals surface area contributed by atoms with E-state index in [-0.39, 0.29) is 24.5 Å². The zero-order valence-corrected chi connectivity index (χ0v) is 20.9. The van der Waals surface area contributed by atoms with Gasteiger partial charge in [-0.1, -0.05) is 43.6 Å². The van der Waals surface area contributed by atoms with Crippen molar-refractivity contribution in [2.24, 2.45) is 11.8 Å². The number of carbonyl (C=O) groups excluding carboxylic acids is 3. The first-order valence-corrected chi connectivity index (χ1v) is 13.3. The molecule has 35 heavy (non-hydrogen) atoms. The van der Waals surface area contributed by atoms with Gasteiger partial charge >= 0.3 is 5.97 Å². The first kappa shape index (κ1) is 24.5. The fourth-order valence-corrected chi connectivity index (χ4v) is 7.04. The summed E-state index contributed by atoms with van der Waals surface area (Å²) in [6.07, 6.45) is 15.4. The Morgan fingerprint density at radius 2 is 1.80 bits per heavy atom. The molecule has 1 spiro atoms. The van der Waals surface area contributed by atoms with Crippen molar-refractivity contribution in [2.45, 2.75) is 94.5 Å². The van der Waals surface area contributed by atoms with Crippen molar-refractivity contribution in [3.8, 4) is 0 Å². The number of aliphatic hydroxyl groups is 1. The lowest BCUT2D eigenvalue weighted by molar-refractivity contribution is -0.162. The lowest BCUT2D eigenvalue weighted by Gasteiger charge is -2.41. The second kappa shape index (κ2) is 9.36. The lowest BCUT2D eigenvalue weighted by atomic mass is 9.74. The van der Waals surface area contributed by atoms with Gasteiger partial charge < -0.3 is 24.4 Å². The van der Waals surface area contributed by atoms with Gasteiger partial charge in [0.2, 0.25) is 11.8 Å². The van der Waals surface area contributed by atoms with Gasteiger partial charge in [-0.05, 0) is 46.0 Å². The van der Waals surface area contributed by atoms with Crippen LogP contribution in [-0.2, 0) is 23.9 Å². The molecule has 1 saturated carbocycles. The van der Waals surface area contributed by atoms with E-state index in [1.54, 1.807) is 6.92 Å². The molecule has 3 fully saturated rings. The number of aliphatic hydroxyl groups excluding tert-OH is 1. The molecule has 0 aromatic carbocycles. The normalized spacial score (nSPS) is 40.0. The zero-order valence-electron chi connectivity index (χ0n) is 20.9. The maximum Gasteiger partial charge on any atom is 0.313 e. The largest absolute Gasteiger partial charge is 0.465 e. The van der Waals surface area contributed by atoms with Crippen molar-refractivity contribution in [3.05, 3.63) is 24.3 Å². The highest BCUT2D eigenvalue weighted by Gasteiger charge is 2.75. The summed E-state index contributed by atoms with van der Waals surface area (Å²) in [5.41, 5.74) is -2.37. The van der Waals surface area contributed by atoms with Gasteiger partial charge in [-0.3, -0.25) is 14.4 Å². The van der Waals surface area contributed by atoms with Gasteiger partial charge in [0.25, 0.3) is 0 Å². The van der Waals surface area contributed by atoms with Crippen LogP contribution in [0.15, 0.2) is 24.3 Å². The number of cyclic esters (lactones) is 1. The molecule has 6 atom stereocenters. The quantitative estimate of drug-likeness (QED) is 0.486. The molecule has 1 aliphatic carbocycles. The van der Waals surface area contributed by atoms with Gasteiger partial charge in [-0.15, -0.1) is 0 Å². The van der Waals surface area contributed by atoms with Gasteiger partial charge in [-0.25, -0.2) is 0 Å². The number of hydrogen-bond donors (Lipinski definition) is 1. The van der Waals surface area contributed by atoms with Crippen molar-refractivity contribution in [2.75, 3.05) is 19.8 Å². The topological polar surface area (TPSA) is 96.4 Å². The molecule has 0 aromatic heterocycles. The predicted octanol–water partition coefficient (Wildman–Crippen LogP) is 2.35. The standard InChI is InChI=1S/C27H38N2O6/c1-18(17-30)29-22-24(32)28(19-11-6-5-7-12-19)15-10-14-27(22)20(23(29)31)21-25(33)34-16-9-4-3-8-13-26(21,2)35-27/h8,10,13-14,18-22,30H,3-7,9,11-12,15-17H2,1-2H3/b13-8-/t18-,20+,21-,22?,26+,27+/m1/s1. The van der Waals surface area contributed by atoms with Crippen molar-refractivity contribution < 1.29 is 29.0 Å². The van der Waals surface area contributed by atoms with Gasteiger partial charge in [0.15, 0.2) is 0 Å². The third kappa shape index (κ3) is 3.84. The summed E-state index contributed by atoms with van der Waals surface area (Å²) in [4.78, 5) is 45.2. The number of allylic oxidation sites excluding steroid dienone is 1. The number of carbonyl (C=O) groups is 3. The molecule has 0 bridgehead atoms. The minimum Gasteiger partial charge on any atom is -0.465 e. The Balaban J connectivity index is 1.62. The maximum absolute atomic E-state index is 14.3. The molecule has 5 rings (SSSR count). The minimum absolute atomic E-state index is 0.124. The zero-order chi connectivity index (χ0) is 24.8. The van der Waals surface area contributed by atoms with Crippen LogP contribution in [0.1, 0.15) is 65.2 Å². The van der Waals surface area contributed by atoms with Crippen LogP contribution in [0.2, 0.25) is 0 Å². The number of ether oxygens (including phenoxy) is 2. The first-order valence-electron chi connectivity index (χ1n) is 13.3. The fourth-order valence-electron chi connectivity index (χ4n) is 7.04. The highest BCUT2D eigenvalue weighted by molar-refractivity contribution is 5.99. The monoisotopic (exact) mass is 486 g/mol. The van der Waals surface area contributed by atoms with Gasteiger partial charge in [0.05, 0.1) is 30.8 Å². The number of likely N-dealkylation sites (tertiary alicyclic amines) is 1. The van der Waals surface area contributed by atoms with Crippen LogP contribution in [0.3, 0.4) is 0 Å². The number of fused-ring (bicyclic) bond motifs is 2. The summed E-state index contributed by atoms with van der Waals surface area (Å²) in [6, 6.07) is -1.39. The van der Waals surface area contributed by atoms with Crippen LogP contribution < -0.4 is 0 Å². The molecule has 1 N–H and O–H groups in total. The SMILES string of the molecule is C[C@H](CO)N1C(=O)[C@@H]2[C@@H]3C(=O)OCCCC/C=C\[C@]3(C)O[C@@]23C=CCN(C2CCCCC2)C(=O)C13. The van der Waals surface area contributed by atoms with E-state index >= 15 is 0 Å². The highest BCUT2D eigenvalue weighted by atomic mass is 16.6. The summed E-state index contributed by atoms with van der Waals surface area (Å²) < 4.78 is 12.4. The van der Waals surface area contributed by atoms with E-state index in [0.717, 1.165) is 44.9 Å². The van der Waals surface area contributed by atoms with E-state index in [1.807, 2.05) is 36.1 Å². The second-order valence-electron chi connectivity index (χ2n) is 11.0. The number of esters is 1. The van der Waals surface area contributed by atoms with E-state index in [2.05, 4.69) is 0 Å². The van der Waals surface area contributed by atoms with Gasteiger partial charge in [-0.2, -0.15) is 0 Å². The third-order valence-corrected chi connectivity index (χ3v) is 8.72. The number of nitrogens with zero attached hydrogens (tertiary/aromatic N) is 2. The Labute approximate surface area is 207 Å². The average Bonchev–Trinajstić information content (AvgIpc) is 3.19. The van der Waals surface area contributed by atoms with Crippen molar-refractivity contribution in [1.29, 1.82) is 0 Å².